The number of nitrogens with zero attached hydrogens (tertiary/aromatic N) is 4. The maximum Gasteiger partial charge on any atom is 0.417 e. The highest BCUT2D eigenvalue weighted by molar-refractivity contribution is 5.90. The number of carbonyl (C=O) groups is 1. The Bertz CT molecular complexity index is 864. The fraction of sp³-hybridized carbons (Fsp3) is 0.526. The van der Waals surface area contributed by atoms with E-state index in [2.05, 4.69) is 10.1 Å². The van der Waals surface area contributed by atoms with Crippen LogP contribution in [-0.4, -0.2) is 46.4 Å². The van der Waals surface area contributed by atoms with E-state index in [1.54, 1.807) is 24.8 Å². The van der Waals surface area contributed by atoms with Gasteiger partial charge in [0.25, 0.3) is 0 Å². The Morgan fingerprint density at radius 1 is 1.38 bits per heavy atom. The average Bonchev–Trinajstić information content (AvgIpc) is 3.36. The lowest BCUT2D eigenvalue weighted by atomic mass is 9.91. The Morgan fingerprint density at radius 2 is 2.10 bits per heavy atom. The van der Waals surface area contributed by atoms with Crippen molar-refractivity contribution in [3.05, 3.63) is 41.3 Å². The van der Waals surface area contributed by atoms with Crippen molar-refractivity contribution in [2.75, 3.05) is 25.1 Å². The second-order valence-corrected chi connectivity index (χ2v) is 7.75. The van der Waals surface area contributed by atoms with E-state index < -0.39 is 23.2 Å². The molecule has 10 heteroatoms. The first kappa shape index (κ1) is 21.1. The first-order valence-corrected chi connectivity index (χ1v) is 9.20. The van der Waals surface area contributed by atoms with E-state index in [0.717, 1.165) is 12.3 Å². The van der Waals surface area contributed by atoms with Crippen molar-refractivity contribution in [1.82, 2.24) is 15.0 Å². The molecule has 0 radical (unpaired) electrons. The predicted molar refractivity (Wildman–Crippen MR) is 98.3 cm³/mol. The number of amides is 2. The SMILES string of the molecule is CN(C(=O)N1CCCC1c1ccc(C(F)(F)F)cn1)c1cc(C(C)(C)CO)no1. The van der Waals surface area contributed by atoms with Crippen molar-refractivity contribution in [3.8, 4) is 0 Å². The summed E-state index contributed by atoms with van der Waals surface area (Å²) in [5.74, 6) is 0.220. The van der Waals surface area contributed by atoms with Gasteiger partial charge in [-0.05, 0) is 25.0 Å². The summed E-state index contributed by atoms with van der Waals surface area (Å²) in [4.78, 5) is 19.8. The lowest BCUT2D eigenvalue weighted by molar-refractivity contribution is -0.137. The minimum Gasteiger partial charge on any atom is -0.395 e. The van der Waals surface area contributed by atoms with Crippen LogP contribution in [0.1, 0.15) is 49.7 Å². The molecule has 3 heterocycles. The smallest absolute Gasteiger partial charge is 0.395 e. The lowest BCUT2D eigenvalue weighted by Gasteiger charge is -2.28. The van der Waals surface area contributed by atoms with Crippen LogP contribution in [-0.2, 0) is 11.6 Å². The van der Waals surface area contributed by atoms with Gasteiger partial charge in [-0.3, -0.25) is 9.88 Å². The van der Waals surface area contributed by atoms with Crippen molar-refractivity contribution >= 4 is 11.9 Å². The molecule has 0 aromatic carbocycles. The summed E-state index contributed by atoms with van der Waals surface area (Å²) < 4.78 is 43.6. The van der Waals surface area contributed by atoms with Crippen LogP contribution in [0.3, 0.4) is 0 Å². The first-order chi connectivity index (χ1) is 13.5. The Kier molecular flexibility index (Phi) is 5.57. The molecule has 158 valence electrons. The average molecular weight is 412 g/mol. The number of pyridine rings is 1. The van der Waals surface area contributed by atoms with Crippen LogP contribution < -0.4 is 4.90 Å². The summed E-state index contributed by atoms with van der Waals surface area (Å²) in [5.41, 5.74) is -0.518. The Labute approximate surface area is 166 Å². The van der Waals surface area contributed by atoms with Crippen molar-refractivity contribution in [3.63, 3.8) is 0 Å². The van der Waals surface area contributed by atoms with Gasteiger partial charge in [-0.1, -0.05) is 19.0 Å². The number of hydrogen-bond acceptors (Lipinski definition) is 5. The summed E-state index contributed by atoms with van der Waals surface area (Å²) in [6, 6.07) is 3.11. The fourth-order valence-corrected chi connectivity index (χ4v) is 3.18. The zero-order valence-corrected chi connectivity index (χ0v) is 16.4. The quantitative estimate of drug-likeness (QED) is 0.827. The van der Waals surface area contributed by atoms with E-state index in [1.165, 1.54) is 18.0 Å². The highest BCUT2D eigenvalue weighted by Gasteiger charge is 2.36. The van der Waals surface area contributed by atoms with Gasteiger partial charge in [-0.2, -0.15) is 13.2 Å². The van der Waals surface area contributed by atoms with Crippen LogP contribution in [0, 0.1) is 0 Å². The molecule has 1 aliphatic rings. The summed E-state index contributed by atoms with van der Waals surface area (Å²) in [6.07, 6.45) is -2.34. The first-order valence-electron chi connectivity index (χ1n) is 9.20. The monoisotopic (exact) mass is 412 g/mol. The molecular formula is C19H23F3N4O3. The van der Waals surface area contributed by atoms with Crippen LogP contribution in [0.2, 0.25) is 0 Å². The zero-order chi connectivity index (χ0) is 21.4. The minimum absolute atomic E-state index is 0.135. The molecule has 0 aliphatic carbocycles. The number of rotatable bonds is 4. The third kappa shape index (κ3) is 4.21. The minimum atomic E-state index is -4.46. The van der Waals surface area contributed by atoms with Gasteiger partial charge >= 0.3 is 12.2 Å². The van der Waals surface area contributed by atoms with Crippen molar-refractivity contribution in [1.29, 1.82) is 0 Å². The summed E-state index contributed by atoms with van der Waals surface area (Å²) in [6.45, 7) is 3.91. The molecule has 1 saturated heterocycles. The number of aromatic nitrogens is 2. The highest BCUT2D eigenvalue weighted by atomic mass is 19.4. The van der Waals surface area contributed by atoms with Crippen molar-refractivity contribution < 1.29 is 27.6 Å². The summed E-state index contributed by atoms with van der Waals surface area (Å²) in [7, 11) is 1.54. The number of urea groups is 1. The molecule has 1 N–H and O–H groups in total. The number of aliphatic hydroxyl groups is 1. The Balaban J connectivity index is 1.78. The van der Waals surface area contributed by atoms with Gasteiger partial charge in [0.15, 0.2) is 0 Å². The molecule has 1 unspecified atom stereocenters. The topological polar surface area (TPSA) is 82.7 Å². The lowest BCUT2D eigenvalue weighted by Crippen LogP contribution is -2.41. The van der Waals surface area contributed by atoms with Crippen LogP contribution in [0.25, 0.3) is 0 Å². The molecule has 3 rings (SSSR count). The molecule has 0 spiro atoms. The molecule has 2 amide bonds. The van der Waals surface area contributed by atoms with Gasteiger partial charge in [0.2, 0.25) is 5.88 Å². The van der Waals surface area contributed by atoms with Crippen molar-refractivity contribution in [2.45, 2.75) is 44.3 Å². The third-order valence-corrected chi connectivity index (χ3v) is 5.16. The second kappa shape index (κ2) is 7.66. The van der Waals surface area contributed by atoms with Gasteiger partial charge in [-0.15, -0.1) is 0 Å². The standard InChI is InChI=1S/C19H23F3N4O3/c1-18(2,11-27)15-9-16(29-24-15)25(3)17(28)26-8-4-5-14(26)13-7-6-12(10-23-13)19(20,21)22/h6-7,9-10,14,27H,4-5,8,11H2,1-3H3. The van der Waals surface area contributed by atoms with Gasteiger partial charge in [0.05, 0.1) is 29.6 Å². The van der Waals surface area contributed by atoms with Gasteiger partial charge in [0.1, 0.15) is 0 Å². The number of carbonyl (C=O) groups excluding carboxylic acids is 1. The molecule has 0 bridgehead atoms. The number of hydrogen-bond donors (Lipinski definition) is 1. The molecule has 2 aromatic rings. The van der Waals surface area contributed by atoms with Gasteiger partial charge in [0, 0.05) is 31.3 Å². The summed E-state index contributed by atoms with van der Waals surface area (Å²) >= 11 is 0. The predicted octanol–water partition coefficient (Wildman–Crippen LogP) is 3.75. The maximum atomic E-state index is 13.0. The highest BCUT2D eigenvalue weighted by Crippen LogP contribution is 2.35. The second-order valence-electron chi connectivity index (χ2n) is 7.75. The number of anilines is 1. The van der Waals surface area contributed by atoms with Crippen LogP contribution in [0.5, 0.6) is 0 Å². The summed E-state index contributed by atoms with van der Waals surface area (Å²) in [5, 5.41) is 13.4. The van der Waals surface area contributed by atoms with E-state index >= 15 is 0 Å². The molecule has 1 fully saturated rings. The van der Waals surface area contributed by atoms with Crippen LogP contribution >= 0.6 is 0 Å². The molecule has 0 saturated carbocycles. The fourth-order valence-electron chi connectivity index (χ4n) is 3.18. The molecule has 1 atom stereocenters. The Morgan fingerprint density at radius 3 is 2.69 bits per heavy atom. The van der Waals surface area contributed by atoms with E-state index in [1.807, 2.05) is 0 Å². The largest absolute Gasteiger partial charge is 0.417 e. The van der Waals surface area contributed by atoms with E-state index in [9.17, 15) is 23.1 Å². The molecular weight excluding hydrogens is 389 g/mol. The van der Waals surface area contributed by atoms with Crippen LogP contribution in [0.4, 0.5) is 23.8 Å². The molecule has 1 aliphatic heterocycles. The number of likely N-dealkylation sites (tertiary alicyclic amines) is 1. The van der Waals surface area contributed by atoms with Crippen LogP contribution in [0.15, 0.2) is 28.9 Å². The van der Waals surface area contributed by atoms with Crippen molar-refractivity contribution in [2.24, 2.45) is 0 Å². The van der Waals surface area contributed by atoms with E-state index in [4.69, 9.17) is 4.52 Å². The van der Waals surface area contributed by atoms with E-state index in [0.29, 0.717) is 30.8 Å². The van der Waals surface area contributed by atoms with E-state index in [-0.39, 0.29) is 18.5 Å². The van der Waals surface area contributed by atoms with Gasteiger partial charge < -0.3 is 14.5 Å². The molecule has 29 heavy (non-hydrogen) atoms. The molecule has 2 aromatic heterocycles. The number of aliphatic hydroxyl groups excluding tert-OH is 1. The number of alkyl halides is 3. The normalized spacial score (nSPS) is 17.6. The molecule has 7 nitrogen and oxygen atoms in total. The third-order valence-electron chi connectivity index (χ3n) is 5.16. The Hall–Kier alpha value is -2.62. The number of halogens is 3. The zero-order valence-electron chi connectivity index (χ0n) is 16.4. The maximum absolute atomic E-state index is 13.0. The van der Waals surface area contributed by atoms with Gasteiger partial charge in [-0.25, -0.2) is 4.79 Å².